The van der Waals surface area contributed by atoms with Crippen LogP contribution in [0.25, 0.3) is 0 Å². The minimum absolute atomic E-state index is 0.00986. The molecule has 126 valence electrons. The van der Waals surface area contributed by atoms with Crippen molar-refractivity contribution in [3.63, 3.8) is 0 Å². The number of hydrogen-bond donors (Lipinski definition) is 1. The monoisotopic (exact) mass is 328 g/mol. The molecule has 5 nitrogen and oxygen atoms in total. The summed E-state index contributed by atoms with van der Waals surface area (Å²) in [6.07, 6.45) is 1.75. The second-order valence-corrected chi connectivity index (χ2v) is 5.27. The molecule has 0 heterocycles. The van der Waals surface area contributed by atoms with Crippen LogP contribution in [-0.2, 0) is 16.1 Å². The predicted molar refractivity (Wildman–Crippen MR) is 88.9 cm³/mol. The van der Waals surface area contributed by atoms with Gasteiger partial charge in [-0.05, 0) is 30.7 Å². The van der Waals surface area contributed by atoms with E-state index in [0.717, 1.165) is 12.8 Å². The third-order valence-corrected chi connectivity index (χ3v) is 3.41. The molecule has 0 saturated carbocycles. The Morgan fingerprint density at radius 3 is 2.54 bits per heavy atom. The second-order valence-electron chi connectivity index (χ2n) is 5.27. The van der Waals surface area contributed by atoms with E-state index in [0.29, 0.717) is 17.7 Å². The fourth-order valence-corrected chi connectivity index (χ4v) is 2.09. The van der Waals surface area contributed by atoms with E-state index >= 15 is 0 Å². The largest absolute Gasteiger partial charge is 0.508 e. The lowest BCUT2D eigenvalue weighted by Crippen LogP contribution is -2.12. The standard InChI is InChI=1S/C19H20O5/c1-2-3-11-23-19(22)17-10-5-4-7-15(17)13-24-18(21)14-8-6-9-16(20)12-14/h4-10,12,20H,2-3,11,13H2,1H3. The van der Waals surface area contributed by atoms with Gasteiger partial charge in [0.25, 0.3) is 0 Å². The van der Waals surface area contributed by atoms with Crippen molar-refractivity contribution in [1.29, 1.82) is 0 Å². The fraction of sp³-hybridized carbons (Fsp3) is 0.263. The van der Waals surface area contributed by atoms with Crippen molar-refractivity contribution in [2.24, 2.45) is 0 Å². The number of phenolic OH excluding ortho intramolecular Hbond substituents is 1. The Morgan fingerprint density at radius 2 is 1.79 bits per heavy atom. The quantitative estimate of drug-likeness (QED) is 0.619. The molecule has 0 unspecified atom stereocenters. The molecule has 0 saturated heterocycles. The Bertz CT molecular complexity index is 708. The first kappa shape index (κ1) is 17.5. The zero-order valence-electron chi connectivity index (χ0n) is 13.5. The van der Waals surface area contributed by atoms with Gasteiger partial charge in [-0.15, -0.1) is 0 Å². The molecule has 0 atom stereocenters. The van der Waals surface area contributed by atoms with Gasteiger partial charge >= 0.3 is 11.9 Å². The predicted octanol–water partition coefficient (Wildman–Crippen LogP) is 3.71. The van der Waals surface area contributed by atoms with Crippen molar-refractivity contribution >= 4 is 11.9 Å². The maximum atomic E-state index is 12.1. The van der Waals surface area contributed by atoms with Gasteiger partial charge in [0.05, 0.1) is 17.7 Å². The first-order chi connectivity index (χ1) is 11.6. The first-order valence-electron chi connectivity index (χ1n) is 7.83. The summed E-state index contributed by atoms with van der Waals surface area (Å²) in [6.45, 7) is 2.34. The Balaban J connectivity index is 2.02. The number of phenols is 1. The van der Waals surface area contributed by atoms with E-state index in [4.69, 9.17) is 9.47 Å². The van der Waals surface area contributed by atoms with Gasteiger partial charge in [-0.1, -0.05) is 37.6 Å². The first-order valence-corrected chi connectivity index (χ1v) is 7.83. The molecule has 0 aliphatic carbocycles. The van der Waals surface area contributed by atoms with E-state index in [1.165, 1.54) is 12.1 Å². The van der Waals surface area contributed by atoms with E-state index < -0.39 is 11.9 Å². The third kappa shape index (κ3) is 4.84. The number of esters is 2. The summed E-state index contributed by atoms with van der Waals surface area (Å²) in [5, 5.41) is 9.40. The Labute approximate surface area is 140 Å². The molecule has 0 amide bonds. The molecular weight excluding hydrogens is 308 g/mol. The molecule has 24 heavy (non-hydrogen) atoms. The third-order valence-electron chi connectivity index (χ3n) is 3.41. The van der Waals surface area contributed by atoms with Gasteiger partial charge in [0.15, 0.2) is 0 Å². The van der Waals surface area contributed by atoms with Crippen LogP contribution in [0.4, 0.5) is 0 Å². The van der Waals surface area contributed by atoms with Gasteiger partial charge < -0.3 is 14.6 Å². The SMILES string of the molecule is CCCCOC(=O)c1ccccc1COC(=O)c1cccc(O)c1. The molecule has 0 bridgehead atoms. The molecule has 5 heteroatoms. The Hall–Kier alpha value is -2.82. The smallest absolute Gasteiger partial charge is 0.338 e. The zero-order chi connectivity index (χ0) is 17.4. The van der Waals surface area contributed by atoms with Crippen molar-refractivity contribution in [3.8, 4) is 5.75 Å². The second kappa shape index (κ2) is 8.72. The fourth-order valence-electron chi connectivity index (χ4n) is 2.09. The number of carbonyl (C=O) groups excluding carboxylic acids is 2. The molecule has 0 aliphatic heterocycles. The highest BCUT2D eigenvalue weighted by Crippen LogP contribution is 2.15. The van der Waals surface area contributed by atoms with Gasteiger partial charge in [-0.2, -0.15) is 0 Å². The number of unbranched alkanes of at least 4 members (excludes halogenated alkanes) is 1. The van der Waals surface area contributed by atoms with E-state index in [9.17, 15) is 14.7 Å². The maximum absolute atomic E-state index is 12.1. The normalized spacial score (nSPS) is 10.2. The maximum Gasteiger partial charge on any atom is 0.338 e. The van der Waals surface area contributed by atoms with E-state index in [1.807, 2.05) is 6.92 Å². The summed E-state index contributed by atoms with van der Waals surface area (Å²) < 4.78 is 10.4. The van der Waals surface area contributed by atoms with Crippen molar-refractivity contribution in [3.05, 3.63) is 65.2 Å². The van der Waals surface area contributed by atoms with Crippen molar-refractivity contribution < 1.29 is 24.2 Å². The number of hydrogen-bond acceptors (Lipinski definition) is 5. The number of aromatic hydroxyl groups is 1. The molecular formula is C19H20O5. The molecule has 0 aromatic heterocycles. The number of benzene rings is 2. The molecule has 0 fully saturated rings. The van der Waals surface area contributed by atoms with Crippen LogP contribution in [0.5, 0.6) is 5.75 Å². The minimum Gasteiger partial charge on any atom is -0.508 e. The molecule has 2 rings (SSSR count). The van der Waals surface area contributed by atoms with Gasteiger partial charge in [0.1, 0.15) is 12.4 Å². The summed E-state index contributed by atoms with van der Waals surface area (Å²) in [4.78, 5) is 24.1. The number of rotatable bonds is 7. The lowest BCUT2D eigenvalue weighted by Gasteiger charge is -2.10. The van der Waals surface area contributed by atoms with E-state index in [-0.39, 0.29) is 17.9 Å². The summed E-state index contributed by atoms with van der Waals surface area (Å²) in [7, 11) is 0. The zero-order valence-corrected chi connectivity index (χ0v) is 13.5. The summed E-state index contributed by atoms with van der Waals surface area (Å²) in [6, 6.07) is 12.8. The van der Waals surface area contributed by atoms with Gasteiger partial charge in [0.2, 0.25) is 0 Å². The van der Waals surface area contributed by atoms with Gasteiger partial charge in [-0.25, -0.2) is 9.59 Å². The Kier molecular flexibility index (Phi) is 6.37. The molecule has 0 aliphatic rings. The van der Waals surface area contributed by atoms with Gasteiger partial charge in [0, 0.05) is 5.56 Å². The highest BCUT2D eigenvalue weighted by Gasteiger charge is 2.14. The molecule has 0 radical (unpaired) electrons. The average molecular weight is 328 g/mol. The van der Waals surface area contributed by atoms with Crippen LogP contribution in [-0.4, -0.2) is 23.7 Å². The van der Waals surface area contributed by atoms with Crippen LogP contribution in [0.1, 0.15) is 46.0 Å². The van der Waals surface area contributed by atoms with Crippen molar-refractivity contribution in [1.82, 2.24) is 0 Å². The molecule has 0 spiro atoms. The topological polar surface area (TPSA) is 72.8 Å². The average Bonchev–Trinajstić information content (AvgIpc) is 2.60. The van der Waals surface area contributed by atoms with Crippen LogP contribution < -0.4 is 0 Å². The highest BCUT2D eigenvalue weighted by atomic mass is 16.5. The van der Waals surface area contributed by atoms with Crippen LogP contribution in [0.15, 0.2) is 48.5 Å². The highest BCUT2D eigenvalue weighted by molar-refractivity contribution is 5.92. The van der Waals surface area contributed by atoms with Crippen LogP contribution >= 0.6 is 0 Å². The number of carbonyl (C=O) groups is 2. The van der Waals surface area contributed by atoms with Crippen LogP contribution in [0.3, 0.4) is 0 Å². The van der Waals surface area contributed by atoms with Gasteiger partial charge in [-0.3, -0.25) is 0 Å². The van der Waals surface area contributed by atoms with E-state index in [1.54, 1.807) is 36.4 Å². The lowest BCUT2D eigenvalue weighted by atomic mass is 10.1. The lowest BCUT2D eigenvalue weighted by molar-refractivity contribution is 0.0442. The summed E-state index contributed by atoms with van der Waals surface area (Å²) in [5.41, 5.74) is 1.21. The van der Waals surface area contributed by atoms with Crippen LogP contribution in [0, 0.1) is 0 Å². The minimum atomic E-state index is -0.569. The molecule has 1 N–H and O–H groups in total. The van der Waals surface area contributed by atoms with Crippen LogP contribution in [0.2, 0.25) is 0 Å². The van der Waals surface area contributed by atoms with E-state index in [2.05, 4.69) is 0 Å². The summed E-state index contributed by atoms with van der Waals surface area (Å²) >= 11 is 0. The van der Waals surface area contributed by atoms with Crippen molar-refractivity contribution in [2.45, 2.75) is 26.4 Å². The van der Waals surface area contributed by atoms with Crippen molar-refractivity contribution in [2.75, 3.05) is 6.61 Å². The molecule has 2 aromatic rings. The Morgan fingerprint density at radius 1 is 1.00 bits per heavy atom. The summed E-state index contributed by atoms with van der Waals surface area (Å²) in [5.74, 6) is -1.00. The molecule has 2 aromatic carbocycles. The number of ether oxygens (including phenoxy) is 2.